The largest absolute Gasteiger partial charge is 0.481 e. The topological polar surface area (TPSA) is 168 Å². The van der Waals surface area contributed by atoms with E-state index in [1.165, 1.54) is 38.5 Å². The highest BCUT2D eigenvalue weighted by Crippen LogP contribution is 2.17. The van der Waals surface area contributed by atoms with E-state index in [-0.39, 0.29) is 6.42 Å². The predicted octanol–water partition coefficient (Wildman–Crippen LogP) is 4.15. The highest BCUT2D eigenvalue weighted by molar-refractivity contribution is 5.88. The van der Waals surface area contributed by atoms with E-state index in [9.17, 15) is 29.4 Å². The van der Waals surface area contributed by atoms with E-state index < -0.39 is 61.6 Å². The molecule has 10 heteroatoms. The van der Waals surface area contributed by atoms with Gasteiger partial charge >= 0.3 is 23.9 Å². The molecule has 214 valence electrons. The highest BCUT2D eigenvalue weighted by Gasteiger charge is 2.41. The zero-order valence-corrected chi connectivity index (χ0v) is 22.2. The second-order valence-corrected chi connectivity index (χ2v) is 9.44. The molecule has 0 saturated heterocycles. The Morgan fingerprint density at radius 1 is 0.730 bits per heavy atom. The van der Waals surface area contributed by atoms with E-state index in [1.807, 2.05) is 0 Å². The lowest BCUT2D eigenvalue weighted by molar-refractivity contribution is -0.173. The second-order valence-electron chi connectivity index (χ2n) is 9.44. The molecule has 10 nitrogen and oxygen atoms in total. The van der Waals surface area contributed by atoms with Crippen molar-refractivity contribution in [1.82, 2.24) is 0 Å². The lowest BCUT2D eigenvalue weighted by Gasteiger charge is -2.20. The SMILES string of the molecule is CCCCCCCC/C=C/CCCCCCCC(=O)OCC(O)COC(=O)CC(O)(CC(=O)O)C(=O)O. The minimum Gasteiger partial charge on any atom is -0.481 e. The number of aliphatic hydroxyl groups excluding tert-OH is 1. The number of aliphatic carboxylic acids is 2. The molecule has 4 N–H and O–H groups in total. The van der Waals surface area contributed by atoms with Gasteiger partial charge in [-0.3, -0.25) is 14.4 Å². The predicted molar refractivity (Wildman–Crippen MR) is 137 cm³/mol. The van der Waals surface area contributed by atoms with Crippen LogP contribution in [-0.2, 0) is 28.7 Å². The summed E-state index contributed by atoms with van der Waals surface area (Å²) >= 11 is 0. The van der Waals surface area contributed by atoms with Crippen LogP contribution in [-0.4, -0.2) is 69.2 Å². The minimum absolute atomic E-state index is 0.214. The van der Waals surface area contributed by atoms with Gasteiger partial charge in [-0.25, -0.2) is 4.79 Å². The summed E-state index contributed by atoms with van der Waals surface area (Å²) in [5.74, 6) is -5.16. The van der Waals surface area contributed by atoms with Crippen LogP contribution >= 0.6 is 0 Å². The Morgan fingerprint density at radius 3 is 1.73 bits per heavy atom. The van der Waals surface area contributed by atoms with Crippen LogP contribution in [0.15, 0.2) is 12.2 Å². The minimum atomic E-state index is -2.82. The number of carboxylic acids is 2. The maximum absolute atomic E-state index is 11.8. The molecule has 0 saturated carbocycles. The molecule has 2 unspecified atom stereocenters. The third-order valence-corrected chi connectivity index (χ3v) is 5.79. The molecule has 0 aromatic carbocycles. The van der Waals surface area contributed by atoms with Crippen LogP contribution in [0.5, 0.6) is 0 Å². The zero-order valence-electron chi connectivity index (χ0n) is 22.2. The maximum Gasteiger partial charge on any atom is 0.336 e. The van der Waals surface area contributed by atoms with Gasteiger partial charge in [-0.05, 0) is 32.1 Å². The van der Waals surface area contributed by atoms with Crippen LogP contribution in [0.4, 0.5) is 0 Å². The third-order valence-electron chi connectivity index (χ3n) is 5.79. The van der Waals surface area contributed by atoms with Crippen molar-refractivity contribution in [2.45, 2.75) is 121 Å². The average Bonchev–Trinajstić information content (AvgIpc) is 2.83. The number of carbonyl (C=O) groups excluding carboxylic acids is 2. The van der Waals surface area contributed by atoms with E-state index in [1.54, 1.807) is 0 Å². The molecule has 0 radical (unpaired) electrons. The number of ether oxygens (including phenoxy) is 2. The Bertz CT molecular complexity index is 691. The number of hydrogen-bond donors (Lipinski definition) is 4. The summed E-state index contributed by atoms with van der Waals surface area (Å²) in [6, 6.07) is 0. The van der Waals surface area contributed by atoms with Gasteiger partial charge in [0.25, 0.3) is 0 Å². The first-order valence-electron chi connectivity index (χ1n) is 13.4. The fraction of sp³-hybridized carbons (Fsp3) is 0.778. The number of allylic oxidation sites excluding steroid dienone is 2. The Labute approximate surface area is 220 Å². The molecule has 0 bridgehead atoms. The molecule has 2 atom stereocenters. The van der Waals surface area contributed by atoms with Crippen molar-refractivity contribution in [3.8, 4) is 0 Å². The molecule has 0 aromatic rings. The fourth-order valence-electron chi connectivity index (χ4n) is 3.59. The Kier molecular flexibility index (Phi) is 20.2. The number of esters is 2. The molecule has 0 heterocycles. The van der Waals surface area contributed by atoms with Gasteiger partial charge in [0, 0.05) is 6.42 Å². The van der Waals surface area contributed by atoms with Crippen LogP contribution in [0, 0.1) is 0 Å². The first-order valence-corrected chi connectivity index (χ1v) is 13.4. The Balaban J connectivity index is 3.75. The van der Waals surface area contributed by atoms with Gasteiger partial charge in [0.2, 0.25) is 0 Å². The monoisotopic (exact) mass is 530 g/mol. The quantitative estimate of drug-likeness (QED) is 0.0808. The van der Waals surface area contributed by atoms with Gasteiger partial charge in [-0.2, -0.15) is 0 Å². The molecule has 0 spiro atoms. The standard InChI is InChI=1S/C27H46O10/c1-2-3-4-5-6-7-8-9-10-11-12-13-14-15-16-17-24(31)36-20-22(28)21-37-25(32)19-27(35,26(33)34)18-23(29)30/h9-10,22,28,35H,2-8,11-21H2,1H3,(H,29,30)(H,33,34)/b10-9+. The normalized spacial score (nSPS) is 13.7. The summed E-state index contributed by atoms with van der Waals surface area (Å²) in [5, 5.41) is 37.2. The Hall–Kier alpha value is -2.46. The number of carboxylic acid groups (broad SMARTS) is 2. The number of unbranched alkanes of at least 4 members (excludes halogenated alkanes) is 11. The fourth-order valence-corrected chi connectivity index (χ4v) is 3.59. The molecule has 0 fully saturated rings. The summed E-state index contributed by atoms with van der Waals surface area (Å²) in [5.41, 5.74) is -2.82. The summed E-state index contributed by atoms with van der Waals surface area (Å²) in [4.78, 5) is 45.2. The van der Waals surface area contributed by atoms with Gasteiger partial charge in [0.15, 0.2) is 5.60 Å². The van der Waals surface area contributed by atoms with E-state index in [2.05, 4.69) is 23.8 Å². The molecule has 0 aliphatic rings. The smallest absolute Gasteiger partial charge is 0.336 e. The van der Waals surface area contributed by atoms with Gasteiger partial charge in [0.1, 0.15) is 19.3 Å². The van der Waals surface area contributed by atoms with Crippen molar-refractivity contribution in [3.05, 3.63) is 12.2 Å². The molecule has 0 aliphatic carbocycles. The maximum atomic E-state index is 11.8. The molecule has 0 aromatic heterocycles. The van der Waals surface area contributed by atoms with E-state index in [0.717, 1.165) is 38.5 Å². The van der Waals surface area contributed by atoms with Crippen molar-refractivity contribution >= 4 is 23.9 Å². The third kappa shape index (κ3) is 20.3. The first-order chi connectivity index (χ1) is 17.6. The molecule has 37 heavy (non-hydrogen) atoms. The first kappa shape index (κ1) is 34.5. The van der Waals surface area contributed by atoms with Crippen LogP contribution in [0.3, 0.4) is 0 Å². The summed E-state index contributed by atoms with van der Waals surface area (Å²) in [6.07, 6.45) is 16.1. The molecule has 0 amide bonds. The zero-order chi connectivity index (χ0) is 27.9. The van der Waals surface area contributed by atoms with Crippen LogP contribution in [0.1, 0.15) is 110 Å². The number of aliphatic hydroxyl groups is 2. The number of carbonyl (C=O) groups is 4. The highest BCUT2D eigenvalue weighted by atomic mass is 16.6. The number of rotatable bonds is 24. The van der Waals surface area contributed by atoms with Gasteiger partial charge in [-0.15, -0.1) is 0 Å². The van der Waals surface area contributed by atoms with E-state index >= 15 is 0 Å². The van der Waals surface area contributed by atoms with E-state index in [0.29, 0.717) is 6.42 Å². The van der Waals surface area contributed by atoms with Crippen LogP contribution in [0.25, 0.3) is 0 Å². The van der Waals surface area contributed by atoms with Gasteiger partial charge < -0.3 is 29.9 Å². The van der Waals surface area contributed by atoms with Gasteiger partial charge in [0.05, 0.1) is 12.8 Å². The lowest BCUT2D eigenvalue weighted by Crippen LogP contribution is -2.43. The lowest BCUT2D eigenvalue weighted by atomic mass is 9.96. The molecular formula is C27H46O10. The summed E-state index contributed by atoms with van der Waals surface area (Å²) in [7, 11) is 0. The molecule has 0 rings (SSSR count). The van der Waals surface area contributed by atoms with Crippen molar-refractivity contribution in [1.29, 1.82) is 0 Å². The summed E-state index contributed by atoms with van der Waals surface area (Å²) in [6.45, 7) is 1.22. The molecule has 0 aliphatic heterocycles. The van der Waals surface area contributed by atoms with Crippen LogP contribution in [0.2, 0.25) is 0 Å². The number of hydrogen-bond acceptors (Lipinski definition) is 8. The van der Waals surface area contributed by atoms with Crippen molar-refractivity contribution in [2.75, 3.05) is 13.2 Å². The van der Waals surface area contributed by atoms with Crippen LogP contribution < -0.4 is 0 Å². The van der Waals surface area contributed by atoms with Crippen molar-refractivity contribution in [2.24, 2.45) is 0 Å². The Morgan fingerprint density at radius 2 is 1.22 bits per heavy atom. The second kappa shape index (κ2) is 21.6. The summed E-state index contributed by atoms with van der Waals surface area (Å²) < 4.78 is 9.59. The van der Waals surface area contributed by atoms with Crippen molar-refractivity contribution in [3.63, 3.8) is 0 Å². The average molecular weight is 531 g/mol. The molecular weight excluding hydrogens is 484 g/mol. The van der Waals surface area contributed by atoms with Gasteiger partial charge in [-0.1, -0.05) is 70.4 Å². The van der Waals surface area contributed by atoms with Crippen molar-refractivity contribution < 1.29 is 49.1 Å². The van der Waals surface area contributed by atoms with E-state index in [4.69, 9.17) is 14.9 Å².